The molecule has 102 valence electrons. The second kappa shape index (κ2) is 8.97. The van der Waals surface area contributed by atoms with E-state index in [1.807, 2.05) is 0 Å². The largest absolute Gasteiger partial charge is 0.314 e. The van der Waals surface area contributed by atoms with E-state index >= 15 is 0 Å². The van der Waals surface area contributed by atoms with Gasteiger partial charge in [0.15, 0.2) is 0 Å². The number of hydrogen-bond acceptors (Lipinski definition) is 1. The summed E-state index contributed by atoms with van der Waals surface area (Å²) in [4.78, 5) is 0. The van der Waals surface area contributed by atoms with E-state index in [2.05, 4.69) is 26.1 Å². The van der Waals surface area contributed by atoms with E-state index in [0.29, 0.717) is 0 Å². The normalized spacial score (nSPS) is 20.6. The molecule has 1 aliphatic rings. The maximum atomic E-state index is 3.81. The van der Waals surface area contributed by atoms with Crippen molar-refractivity contribution in [3.8, 4) is 0 Å². The van der Waals surface area contributed by atoms with Crippen molar-refractivity contribution in [2.45, 2.75) is 84.6 Å². The van der Waals surface area contributed by atoms with Gasteiger partial charge in [0.05, 0.1) is 0 Å². The third-order valence-electron chi connectivity index (χ3n) is 4.38. The molecule has 0 aromatic heterocycles. The van der Waals surface area contributed by atoms with Crippen molar-refractivity contribution in [1.82, 2.24) is 5.32 Å². The van der Waals surface area contributed by atoms with Crippen LogP contribution in [0, 0.1) is 11.8 Å². The molecule has 0 amide bonds. The maximum absolute atomic E-state index is 3.81. The van der Waals surface area contributed by atoms with Gasteiger partial charge >= 0.3 is 0 Å². The Hall–Kier alpha value is -0.0400. The Labute approximate surface area is 109 Å². The molecule has 1 saturated carbocycles. The summed E-state index contributed by atoms with van der Waals surface area (Å²) in [6.45, 7) is 8.22. The van der Waals surface area contributed by atoms with E-state index in [1.54, 1.807) is 0 Å². The van der Waals surface area contributed by atoms with Gasteiger partial charge in [0.2, 0.25) is 0 Å². The lowest BCUT2D eigenvalue weighted by Crippen LogP contribution is -2.36. The highest BCUT2D eigenvalue weighted by atomic mass is 14.9. The average Bonchev–Trinajstić information content (AvgIpc) is 2.83. The van der Waals surface area contributed by atoms with Crippen LogP contribution in [0.5, 0.6) is 0 Å². The predicted octanol–water partition coefficient (Wildman–Crippen LogP) is 4.76. The van der Waals surface area contributed by atoms with Crippen molar-refractivity contribution in [3.63, 3.8) is 0 Å². The molecule has 0 spiro atoms. The Bertz CT molecular complexity index is 172. The quantitative estimate of drug-likeness (QED) is 0.611. The van der Waals surface area contributed by atoms with Crippen LogP contribution in [0.3, 0.4) is 0 Å². The van der Waals surface area contributed by atoms with Crippen LogP contribution >= 0.6 is 0 Å². The Morgan fingerprint density at radius 2 is 1.71 bits per heavy atom. The van der Waals surface area contributed by atoms with Crippen LogP contribution in [0.15, 0.2) is 0 Å². The summed E-state index contributed by atoms with van der Waals surface area (Å²) in [5.74, 6) is 1.91. The van der Waals surface area contributed by atoms with Crippen molar-refractivity contribution in [2.24, 2.45) is 11.8 Å². The first kappa shape index (κ1) is 15.0. The third-order valence-corrected chi connectivity index (χ3v) is 4.38. The first-order valence-corrected chi connectivity index (χ1v) is 8.01. The Kier molecular flexibility index (Phi) is 7.92. The second-order valence-electron chi connectivity index (χ2n) is 6.08. The second-order valence-corrected chi connectivity index (χ2v) is 6.08. The molecule has 0 bridgehead atoms. The molecule has 0 aromatic rings. The summed E-state index contributed by atoms with van der Waals surface area (Å²) in [7, 11) is 0. The van der Waals surface area contributed by atoms with Gasteiger partial charge in [0.25, 0.3) is 0 Å². The lowest BCUT2D eigenvalue weighted by Gasteiger charge is -2.26. The van der Waals surface area contributed by atoms with Gasteiger partial charge < -0.3 is 5.32 Å². The van der Waals surface area contributed by atoms with Crippen LogP contribution in [0.25, 0.3) is 0 Å². The fourth-order valence-corrected chi connectivity index (χ4v) is 3.30. The van der Waals surface area contributed by atoms with E-state index in [0.717, 1.165) is 17.9 Å². The Balaban J connectivity index is 2.29. The molecule has 0 heterocycles. The maximum Gasteiger partial charge on any atom is 0.00954 e. The third kappa shape index (κ3) is 5.90. The minimum atomic E-state index is 0.816. The predicted molar refractivity (Wildman–Crippen MR) is 77.3 cm³/mol. The van der Waals surface area contributed by atoms with Gasteiger partial charge in [0.1, 0.15) is 0 Å². The monoisotopic (exact) mass is 239 g/mol. The molecule has 17 heavy (non-hydrogen) atoms. The smallest absolute Gasteiger partial charge is 0.00954 e. The van der Waals surface area contributed by atoms with E-state index in [4.69, 9.17) is 0 Å². The molecule has 2 atom stereocenters. The van der Waals surface area contributed by atoms with E-state index in [1.165, 1.54) is 64.3 Å². The molecule has 1 fully saturated rings. The number of rotatable bonds is 9. The van der Waals surface area contributed by atoms with Gasteiger partial charge in [-0.05, 0) is 50.5 Å². The van der Waals surface area contributed by atoms with Gasteiger partial charge in [-0.25, -0.2) is 0 Å². The highest BCUT2D eigenvalue weighted by Gasteiger charge is 2.24. The fraction of sp³-hybridized carbons (Fsp3) is 1.00. The van der Waals surface area contributed by atoms with Gasteiger partial charge in [0, 0.05) is 6.04 Å². The minimum Gasteiger partial charge on any atom is -0.314 e. The first-order valence-electron chi connectivity index (χ1n) is 8.01. The van der Waals surface area contributed by atoms with Gasteiger partial charge in [-0.3, -0.25) is 0 Å². The van der Waals surface area contributed by atoms with E-state index in [-0.39, 0.29) is 0 Å². The zero-order chi connectivity index (χ0) is 12.5. The summed E-state index contributed by atoms with van der Waals surface area (Å²) < 4.78 is 0. The number of hydrogen-bond donors (Lipinski definition) is 1. The number of nitrogens with one attached hydrogen (secondary N) is 1. The van der Waals surface area contributed by atoms with Crippen molar-refractivity contribution >= 4 is 0 Å². The van der Waals surface area contributed by atoms with Gasteiger partial charge in [-0.15, -0.1) is 0 Å². The van der Waals surface area contributed by atoms with Crippen molar-refractivity contribution in [1.29, 1.82) is 0 Å². The molecular formula is C16H33N. The molecule has 1 N–H and O–H groups in total. The van der Waals surface area contributed by atoms with Crippen LogP contribution < -0.4 is 5.32 Å². The van der Waals surface area contributed by atoms with Crippen LogP contribution in [-0.4, -0.2) is 12.6 Å². The SMILES string of the molecule is CCCNC(CCC(C)CCC)C1CCCC1. The molecule has 0 radical (unpaired) electrons. The fourth-order valence-electron chi connectivity index (χ4n) is 3.30. The molecule has 2 unspecified atom stereocenters. The topological polar surface area (TPSA) is 12.0 Å². The molecule has 0 aromatic carbocycles. The van der Waals surface area contributed by atoms with Crippen LogP contribution in [0.4, 0.5) is 0 Å². The summed E-state index contributed by atoms with van der Waals surface area (Å²) in [5.41, 5.74) is 0. The summed E-state index contributed by atoms with van der Waals surface area (Å²) in [6, 6.07) is 0.816. The zero-order valence-electron chi connectivity index (χ0n) is 12.3. The van der Waals surface area contributed by atoms with Crippen molar-refractivity contribution in [2.75, 3.05) is 6.54 Å². The standard InChI is InChI=1S/C16H33N/c1-4-8-14(3)11-12-16(17-13-5-2)15-9-6-7-10-15/h14-17H,4-13H2,1-3H3. The minimum absolute atomic E-state index is 0.816. The van der Waals surface area contributed by atoms with Gasteiger partial charge in [-0.2, -0.15) is 0 Å². The Morgan fingerprint density at radius 3 is 2.29 bits per heavy atom. The lowest BCUT2D eigenvalue weighted by molar-refractivity contribution is 0.312. The van der Waals surface area contributed by atoms with Crippen molar-refractivity contribution in [3.05, 3.63) is 0 Å². The average molecular weight is 239 g/mol. The van der Waals surface area contributed by atoms with Gasteiger partial charge in [-0.1, -0.05) is 46.5 Å². The first-order chi connectivity index (χ1) is 8.27. The molecule has 1 aliphatic carbocycles. The zero-order valence-corrected chi connectivity index (χ0v) is 12.3. The van der Waals surface area contributed by atoms with Crippen molar-refractivity contribution < 1.29 is 0 Å². The van der Waals surface area contributed by atoms with Crippen LogP contribution in [0.1, 0.15) is 78.6 Å². The molecule has 0 saturated heterocycles. The van der Waals surface area contributed by atoms with E-state index in [9.17, 15) is 0 Å². The summed E-state index contributed by atoms with van der Waals surface area (Å²) in [6.07, 6.45) is 12.8. The highest BCUT2D eigenvalue weighted by Crippen LogP contribution is 2.30. The molecule has 1 heteroatoms. The highest BCUT2D eigenvalue weighted by molar-refractivity contribution is 4.81. The van der Waals surface area contributed by atoms with E-state index < -0.39 is 0 Å². The van der Waals surface area contributed by atoms with Crippen LogP contribution in [0.2, 0.25) is 0 Å². The summed E-state index contributed by atoms with van der Waals surface area (Å²) >= 11 is 0. The lowest BCUT2D eigenvalue weighted by atomic mass is 9.90. The summed E-state index contributed by atoms with van der Waals surface area (Å²) in [5, 5.41) is 3.81. The molecule has 1 rings (SSSR count). The molecule has 0 aliphatic heterocycles. The Morgan fingerprint density at radius 1 is 1.00 bits per heavy atom. The molecular weight excluding hydrogens is 206 g/mol. The van der Waals surface area contributed by atoms with Crippen LogP contribution in [-0.2, 0) is 0 Å². The molecule has 1 nitrogen and oxygen atoms in total.